The maximum Gasteiger partial charge on any atom is 0.261 e. The van der Waals surface area contributed by atoms with E-state index in [4.69, 9.17) is 9.26 Å². The fourth-order valence-electron chi connectivity index (χ4n) is 2.52. The van der Waals surface area contributed by atoms with Gasteiger partial charge in [0.25, 0.3) is 5.89 Å². The fraction of sp³-hybridized carbons (Fsp3) is 0.500. The van der Waals surface area contributed by atoms with Crippen LogP contribution in [0.1, 0.15) is 18.7 Å². The van der Waals surface area contributed by atoms with Crippen molar-refractivity contribution in [3.8, 4) is 17.2 Å². The molecule has 0 aliphatic carbocycles. The van der Waals surface area contributed by atoms with Gasteiger partial charge in [-0.05, 0) is 37.9 Å². The largest absolute Gasteiger partial charge is 0.494 e. The van der Waals surface area contributed by atoms with Crippen molar-refractivity contribution >= 4 is 0 Å². The molecule has 20 heavy (non-hydrogen) atoms. The zero-order valence-electron chi connectivity index (χ0n) is 11.5. The van der Waals surface area contributed by atoms with E-state index in [1.165, 1.54) is 12.8 Å². The molecule has 3 heterocycles. The molecule has 1 aliphatic heterocycles. The van der Waals surface area contributed by atoms with Gasteiger partial charge in [0.15, 0.2) is 5.82 Å². The fourth-order valence-corrected chi connectivity index (χ4v) is 2.52. The monoisotopic (exact) mass is 274 g/mol. The van der Waals surface area contributed by atoms with Crippen LogP contribution in [0.2, 0.25) is 0 Å². The SMILES string of the molecule is COc1cnccc1-c1nc(CC2CCCNC2)no1. The standard InChI is InChI=1S/C14H18N4O2/c1-19-12-9-16-6-4-11(12)14-17-13(18-20-14)7-10-3-2-5-15-8-10/h4,6,9-10,15H,2-3,5,7-8H2,1H3. The van der Waals surface area contributed by atoms with Crippen molar-refractivity contribution in [1.82, 2.24) is 20.4 Å². The first-order valence-electron chi connectivity index (χ1n) is 6.88. The summed E-state index contributed by atoms with van der Waals surface area (Å²) in [4.78, 5) is 8.49. The van der Waals surface area contributed by atoms with Gasteiger partial charge < -0.3 is 14.6 Å². The second-order valence-corrected chi connectivity index (χ2v) is 5.01. The summed E-state index contributed by atoms with van der Waals surface area (Å²) < 4.78 is 10.6. The number of methoxy groups -OCH3 is 1. The van der Waals surface area contributed by atoms with E-state index in [2.05, 4.69) is 20.4 Å². The third kappa shape index (κ3) is 2.80. The molecule has 0 bridgehead atoms. The van der Waals surface area contributed by atoms with Crippen molar-refractivity contribution in [2.45, 2.75) is 19.3 Å². The molecule has 0 saturated carbocycles. The van der Waals surface area contributed by atoms with E-state index in [1.54, 1.807) is 19.5 Å². The first kappa shape index (κ1) is 13.1. The quantitative estimate of drug-likeness (QED) is 0.914. The summed E-state index contributed by atoms with van der Waals surface area (Å²) in [6.45, 7) is 2.14. The Bertz CT molecular complexity index is 564. The molecule has 6 nitrogen and oxygen atoms in total. The number of hydrogen-bond donors (Lipinski definition) is 1. The normalized spacial score (nSPS) is 18.9. The summed E-state index contributed by atoms with van der Waals surface area (Å²) in [5.74, 6) is 2.48. The second-order valence-electron chi connectivity index (χ2n) is 5.01. The van der Waals surface area contributed by atoms with Crippen LogP contribution in [0.3, 0.4) is 0 Å². The Labute approximate surface area is 117 Å². The molecule has 0 radical (unpaired) electrons. The number of pyridine rings is 1. The van der Waals surface area contributed by atoms with Crippen LogP contribution in [-0.4, -0.2) is 35.3 Å². The number of hydrogen-bond acceptors (Lipinski definition) is 6. The van der Waals surface area contributed by atoms with Gasteiger partial charge in [-0.15, -0.1) is 0 Å². The maximum atomic E-state index is 5.35. The van der Waals surface area contributed by atoms with Gasteiger partial charge in [-0.2, -0.15) is 4.98 Å². The molecule has 6 heteroatoms. The highest BCUT2D eigenvalue weighted by Crippen LogP contribution is 2.27. The first-order chi connectivity index (χ1) is 9.86. The van der Waals surface area contributed by atoms with Crippen LogP contribution < -0.4 is 10.1 Å². The van der Waals surface area contributed by atoms with Crippen molar-refractivity contribution in [3.63, 3.8) is 0 Å². The average Bonchev–Trinajstić information content (AvgIpc) is 2.96. The van der Waals surface area contributed by atoms with Crippen LogP contribution in [0.15, 0.2) is 23.0 Å². The molecular weight excluding hydrogens is 256 g/mol. The summed E-state index contributed by atoms with van der Waals surface area (Å²) >= 11 is 0. The van der Waals surface area contributed by atoms with E-state index < -0.39 is 0 Å². The van der Waals surface area contributed by atoms with Gasteiger partial charge in [0, 0.05) is 12.6 Å². The number of rotatable bonds is 4. The molecular formula is C14H18N4O2. The highest BCUT2D eigenvalue weighted by Gasteiger charge is 2.18. The Morgan fingerprint density at radius 2 is 2.45 bits per heavy atom. The lowest BCUT2D eigenvalue weighted by atomic mass is 9.96. The molecule has 2 aromatic heterocycles. The second kappa shape index (κ2) is 6.00. The minimum Gasteiger partial charge on any atom is -0.494 e. The van der Waals surface area contributed by atoms with Crippen LogP contribution >= 0.6 is 0 Å². The summed E-state index contributed by atoms with van der Waals surface area (Å²) in [5.41, 5.74) is 0.781. The molecule has 2 aromatic rings. The number of nitrogens with one attached hydrogen (secondary N) is 1. The van der Waals surface area contributed by atoms with Crippen molar-refractivity contribution in [3.05, 3.63) is 24.3 Å². The summed E-state index contributed by atoms with van der Waals surface area (Å²) in [5, 5.41) is 7.47. The van der Waals surface area contributed by atoms with Crippen LogP contribution in [0, 0.1) is 5.92 Å². The molecule has 1 unspecified atom stereocenters. The molecule has 1 N–H and O–H groups in total. The predicted octanol–water partition coefficient (Wildman–Crippen LogP) is 1.68. The Balaban J connectivity index is 1.75. The van der Waals surface area contributed by atoms with Gasteiger partial charge in [0.1, 0.15) is 5.75 Å². The number of aromatic nitrogens is 3. The Morgan fingerprint density at radius 1 is 1.50 bits per heavy atom. The van der Waals surface area contributed by atoms with Crippen LogP contribution in [0.5, 0.6) is 5.75 Å². The third-order valence-electron chi connectivity index (χ3n) is 3.57. The van der Waals surface area contributed by atoms with E-state index >= 15 is 0 Å². The van der Waals surface area contributed by atoms with Gasteiger partial charge in [-0.1, -0.05) is 5.16 Å². The Morgan fingerprint density at radius 3 is 3.25 bits per heavy atom. The molecule has 1 atom stereocenters. The first-order valence-corrected chi connectivity index (χ1v) is 6.88. The van der Waals surface area contributed by atoms with Crippen molar-refractivity contribution < 1.29 is 9.26 Å². The molecule has 0 spiro atoms. The van der Waals surface area contributed by atoms with Crippen molar-refractivity contribution in [1.29, 1.82) is 0 Å². The van der Waals surface area contributed by atoms with E-state index in [0.717, 1.165) is 30.9 Å². The van der Waals surface area contributed by atoms with Crippen molar-refractivity contribution in [2.75, 3.05) is 20.2 Å². The molecule has 1 fully saturated rings. The zero-order valence-corrected chi connectivity index (χ0v) is 11.5. The molecule has 0 aromatic carbocycles. The molecule has 3 rings (SSSR count). The Hall–Kier alpha value is -1.95. The lowest BCUT2D eigenvalue weighted by Crippen LogP contribution is -2.31. The third-order valence-corrected chi connectivity index (χ3v) is 3.57. The van der Waals surface area contributed by atoms with Gasteiger partial charge in [-0.25, -0.2) is 0 Å². The number of piperidine rings is 1. The van der Waals surface area contributed by atoms with Gasteiger partial charge in [-0.3, -0.25) is 4.98 Å². The zero-order chi connectivity index (χ0) is 13.8. The summed E-state index contributed by atoms with van der Waals surface area (Å²) in [6.07, 6.45) is 6.62. The van der Waals surface area contributed by atoms with Crippen LogP contribution in [0.4, 0.5) is 0 Å². The molecule has 1 saturated heterocycles. The highest BCUT2D eigenvalue weighted by molar-refractivity contribution is 5.61. The highest BCUT2D eigenvalue weighted by atomic mass is 16.5. The predicted molar refractivity (Wildman–Crippen MR) is 73.4 cm³/mol. The molecule has 106 valence electrons. The number of nitrogens with zero attached hydrogens (tertiary/aromatic N) is 3. The smallest absolute Gasteiger partial charge is 0.261 e. The topological polar surface area (TPSA) is 73.1 Å². The van der Waals surface area contributed by atoms with Crippen molar-refractivity contribution in [2.24, 2.45) is 5.92 Å². The number of ether oxygens (including phenoxy) is 1. The van der Waals surface area contributed by atoms with Crippen LogP contribution in [0.25, 0.3) is 11.5 Å². The minimum atomic E-state index is 0.489. The van der Waals surface area contributed by atoms with E-state index in [0.29, 0.717) is 17.6 Å². The Kier molecular flexibility index (Phi) is 3.92. The van der Waals surface area contributed by atoms with Crippen LogP contribution in [-0.2, 0) is 6.42 Å². The maximum absolute atomic E-state index is 5.35. The molecule has 1 aliphatic rings. The van der Waals surface area contributed by atoms with Gasteiger partial charge >= 0.3 is 0 Å². The lowest BCUT2D eigenvalue weighted by molar-refractivity contribution is 0.359. The van der Waals surface area contributed by atoms with Gasteiger partial charge in [0.05, 0.1) is 18.9 Å². The average molecular weight is 274 g/mol. The van der Waals surface area contributed by atoms with Gasteiger partial charge in [0.2, 0.25) is 0 Å². The van der Waals surface area contributed by atoms with E-state index in [9.17, 15) is 0 Å². The minimum absolute atomic E-state index is 0.489. The summed E-state index contributed by atoms with van der Waals surface area (Å²) in [6, 6.07) is 1.82. The van der Waals surface area contributed by atoms with E-state index in [-0.39, 0.29) is 0 Å². The molecule has 0 amide bonds. The van der Waals surface area contributed by atoms with E-state index in [1.807, 2.05) is 6.07 Å². The lowest BCUT2D eigenvalue weighted by Gasteiger charge is -2.20. The summed E-state index contributed by atoms with van der Waals surface area (Å²) in [7, 11) is 1.60.